The minimum atomic E-state index is -1.33. The molecule has 6 N–H and O–H groups in total. The molecule has 0 aromatic heterocycles. The van der Waals surface area contributed by atoms with Gasteiger partial charge in [-0.1, -0.05) is 60.7 Å². The summed E-state index contributed by atoms with van der Waals surface area (Å²) >= 11 is 0. The first-order chi connectivity index (χ1) is 18.2. The number of primary amides is 1. The molecule has 11 heteroatoms. The van der Waals surface area contributed by atoms with Crippen LogP contribution >= 0.6 is 0 Å². The summed E-state index contributed by atoms with van der Waals surface area (Å²) in [6.07, 6.45) is -1.10. The number of rotatable bonds is 13. The number of carbonyl (C=O) groups is 4. The Hall–Kier alpha value is -3.96. The van der Waals surface area contributed by atoms with Crippen LogP contribution in [0.4, 0.5) is 4.79 Å². The quantitative estimate of drug-likeness (QED) is 0.255. The minimum Gasteiger partial charge on any atom is -0.480 e. The highest BCUT2D eigenvalue weighted by molar-refractivity contribution is 5.90. The number of β-amino-alcohol motifs (C(OH)–C–C–N with tert-alkyl or cyclic N) is 1. The zero-order valence-electron chi connectivity index (χ0n) is 21.0. The fraction of sp³-hybridized carbons (Fsp3) is 0.407. The molecule has 2 aromatic carbocycles. The van der Waals surface area contributed by atoms with Crippen LogP contribution in [-0.4, -0.2) is 76.3 Å². The van der Waals surface area contributed by atoms with Crippen LogP contribution in [0.1, 0.15) is 30.4 Å². The summed E-state index contributed by atoms with van der Waals surface area (Å²) in [6.45, 7) is 0.508. The van der Waals surface area contributed by atoms with E-state index in [4.69, 9.17) is 10.5 Å². The monoisotopic (exact) mass is 526 g/mol. The Bertz CT molecular complexity index is 1080. The third-order valence-corrected chi connectivity index (χ3v) is 6.39. The van der Waals surface area contributed by atoms with Crippen molar-refractivity contribution in [1.82, 2.24) is 15.5 Å². The topological polar surface area (TPSA) is 171 Å². The van der Waals surface area contributed by atoms with E-state index in [1.54, 1.807) is 29.2 Å². The van der Waals surface area contributed by atoms with E-state index >= 15 is 0 Å². The molecule has 0 radical (unpaired) electrons. The smallest absolute Gasteiger partial charge is 0.408 e. The number of aliphatic carboxylic acids is 1. The number of aliphatic hydroxyl groups excluding tert-OH is 1. The standard InChI is InChI=1S/C27H34N4O7/c28-24(33)15-21(30-27(37)38-17-19-10-5-2-6-11-19)25(34)29-20(14-18-8-3-1-4-9-18)23(32)16-31-13-7-12-22(31)26(35)36/h1-6,8-11,20-23,32H,7,12-17H2,(H2,28,33)(H,29,34)(H,30,37)(H,35,36)/t20-,21-,22-,23-/m0/s1. The van der Waals surface area contributed by atoms with Gasteiger partial charge in [-0.3, -0.25) is 19.3 Å². The molecule has 0 saturated carbocycles. The molecule has 0 bridgehead atoms. The summed E-state index contributed by atoms with van der Waals surface area (Å²) < 4.78 is 5.17. The van der Waals surface area contributed by atoms with Crippen molar-refractivity contribution in [2.24, 2.45) is 5.73 Å². The Labute approximate surface area is 221 Å². The number of ether oxygens (including phenoxy) is 1. The Morgan fingerprint density at radius 2 is 1.63 bits per heavy atom. The maximum Gasteiger partial charge on any atom is 0.408 e. The van der Waals surface area contributed by atoms with Crippen molar-refractivity contribution in [3.8, 4) is 0 Å². The van der Waals surface area contributed by atoms with Gasteiger partial charge < -0.3 is 31.3 Å². The molecule has 2 aromatic rings. The molecular weight excluding hydrogens is 492 g/mol. The maximum absolute atomic E-state index is 13.2. The number of hydrogen-bond donors (Lipinski definition) is 5. The number of alkyl carbamates (subject to hydrolysis) is 1. The normalized spacial score (nSPS) is 17.7. The van der Waals surface area contributed by atoms with Gasteiger partial charge in [-0.25, -0.2) is 4.79 Å². The van der Waals surface area contributed by atoms with Gasteiger partial charge in [0.1, 0.15) is 18.7 Å². The number of benzene rings is 2. The Kier molecular flexibility index (Phi) is 10.6. The van der Waals surface area contributed by atoms with Crippen LogP contribution in [-0.2, 0) is 32.1 Å². The minimum absolute atomic E-state index is 0.0295. The first kappa shape index (κ1) is 28.6. The lowest BCUT2D eigenvalue weighted by molar-refractivity contribution is -0.142. The van der Waals surface area contributed by atoms with Gasteiger partial charge in [-0.05, 0) is 36.9 Å². The highest BCUT2D eigenvalue weighted by atomic mass is 16.5. The van der Waals surface area contributed by atoms with Crippen molar-refractivity contribution in [2.45, 2.75) is 56.5 Å². The fourth-order valence-corrected chi connectivity index (χ4v) is 4.44. The van der Waals surface area contributed by atoms with Crippen LogP contribution in [0.15, 0.2) is 60.7 Å². The first-order valence-corrected chi connectivity index (χ1v) is 12.5. The van der Waals surface area contributed by atoms with Gasteiger partial charge in [-0.15, -0.1) is 0 Å². The molecular formula is C27H34N4O7. The molecule has 3 amide bonds. The van der Waals surface area contributed by atoms with Crippen molar-refractivity contribution in [3.05, 3.63) is 71.8 Å². The van der Waals surface area contributed by atoms with Gasteiger partial charge in [0, 0.05) is 6.54 Å². The molecule has 11 nitrogen and oxygen atoms in total. The van der Waals surface area contributed by atoms with Crippen molar-refractivity contribution in [3.63, 3.8) is 0 Å². The van der Waals surface area contributed by atoms with E-state index in [9.17, 15) is 29.4 Å². The number of carboxylic acids is 1. The lowest BCUT2D eigenvalue weighted by atomic mass is 9.99. The van der Waals surface area contributed by atoms with E-state index in [1.165, 1.54) is 0 Å². The second-order valence-electron chi connectivity index (χ2n) is 9.29. The maximum atomic E-state index is 13.2. The Morgan fingerprint density at radius 1 is 1.00 bits per heavy atom. The molecule has 0 spiro atoms. The van der Waals surface area contributed by atoms with Crippen LogP contribution in [0.25, 0.3) is 0 Å². The number of nitrogens with zero attached hydrogens (tertiary/aromatic N) is 1. The average Bonchev–Trinajstić information content (AvgIpc) is 3.36. The van der Waals surface area contributed by atoms with Crippen molar-refractivity contribution >= 4 is 23.9 Å². The molecule has 1 heterocycles. The highest BCUT2D eigenvalue weighted by Gasteiger charge is 2.35. The van der Waals surface area contributed by atoms with Gasteiger partial charge in [-0.2, -0.15) is 0 Å². The summed E-state index contributed by atoms with van der Waals surface area (Å²) in [5, 5.41) is 25.7. The van der Waals surface area contributed by atoms with Crippen LogP contribution in [0.2, 0.25) is 0 Å². The van der Waals surface area contributed by atoms with E-state index < -0.39 is 54.5 Å². The lowest BCUT2D eigenvalue weighted by Gasteiger charge is -2.31. The summed E-state index contributed by atoms with van der Waals surface area (Å²) in [6, 6.07) is 15.2. The third-order valence-electron chi connectivity index (χ3n) is 6.39. The molecule has 3 rings (SSSR count). The second-order valence-corrected chi connectivity index (χ2v) is 9.29. The summed E-state index contributed by atoms with van der Waals surface area (Å²) in [5.41, 5.74) is 6.89. The molecule has 1 aliphatic heterocycles. The summed E-state index contributed by atoms with van der Waals surface area (Å²) in [5.74, 6) is -2.50. The predicted molar refractivity (Wildman–Crippen MR) is 138 cm³/mol. The van der Waals surface area contributed by atoms with Crippen LogP contribution in [0.3, 0.4) is 0 Å². The number of nitrogens with one attached hydrogen (secondary N) is 2. The number of carbonyl (C=O) groups excluding carboxylic acids is 3. The van der Waals surface area contributed by atoms with Gasteiger partial charge in [0.05, 0.1) is 18.6 Å². The Balaban J connectivity index is 1.69. The molecule has 1 fully saturated rings. The molecule has 38 heavy (non-hydrogen) atoms. The lowest BCUT2D eigenvalue weighted by Crippen LogP contribution is -2.56. The molecule has 4 atom stereocenters. The number of amides is 3. The van der Waals surface area contributed by atoms with Crippen LogP contribution < -0.4 is 16.4 Å². The number of carboxylic acid groups (broad SMARTS) is 1. The Morgan fingerprint density at radius 3 is 2.24 bits per heavy atom. The number of hydrogen-bond acceptors (Lipinski definition) is 7. The van der Waals surface area contributed by atoms with Gasteiger partial charge >= 0.3 is 12.1 Å². The van der Waals surface area contributed by atoms with E-state index in [0.29, 0.717) is 19.4 Å². The highest BCUT2D eigenvalue weighted by Crippen LogP contribution is 2.19. The zero-order valence-corrected chi connectivity index (χ0v) is 21.0. The zero-order chi connectivity index (χ0) is 27.5. The molecule has 204 valence electrons. The van der Waals surface area contributed by atoms with Crippen molar-refractivity contribution in [1.29, 1.82) is 0 Å². The number of aliphatic hydroxyl groups is 1. The summed E-state index contributed by atoms with van der Waals surface area (Å²) in [4.78, 5) is 50.5. The average molecular weight is 527 g/mol. The van der Waals surface area contributed by atoms with E-state index in [-0.39, 0.29) is 19.6 Å². The van der Waals surface area contributed by atoms with Crippen molar-refractivity contribution in [2.75, 3.05) is 13.1 Å². The second kappa shape index (κ2) is 14.1. The molecule has 1 aliphatic rings. The third kappa shape index (κ3) is 8.86. The van der Waals surface area contributed by atoms with Gasteiger partial charge in [0.15, 0.2) is 0 Å². The SMILES string of the molecule is NC(=O)C[C@H](NC(=O)OCc1ccccc1)C(=O)N[C@@H](Cc1ccccc1)[C@@H](O)CN1CCC[C@H]1C(=O)O. The van der Waals surface area contributed by atoms with E-state index in [1.807, 2.05) is 36.4 Å². The molecule has 1 saturated heterocycles. The number of nitrogens with two attached hydrogens (primary N) is 1. The molecule has 0 unspecified atom stereocenters. The molecule has 0 aliphatic carbocycles. The van der Waals surface area contributed by atoms with E-state index in [2.05, 4.69) is 10.6 Å². The van der Waals surface area contributed by atoms with Gasteiger partial charge in [0.2, 0.25) is 11.8 Å². The van der Waals surface area contributed by atoms with Crippen LogP contribution in [0, 0.1) is 0 Å². The van der Waals surface area contributed by atoms with Gasteiger partial charge in [0.25, 0.3) is 0 Å². The predicted octanol–water partition coefficient (Wildman–Crippen LogP) is 0.794. The van der Waals surface area contributed by atoms with Crippen molar-refractivity contribution < 1.29 is 34.1 Å². The van der Waals surface area contributed by atoms with Crippen LogP contribution in [0.5, 0.6) is 0 Å². The van der Waals surface area contributed by atoms with E-state index in [0.717, 1.165) is 11.1 Å². The number of likely N-dealkylation sites (tertiary alicyclic amines) is 1. The summed E-state index contributed by atoms with van der Waals surface area (Å²) in [7, 11) is 0. The first-order valence-electron chi connectivity index (χ1n) is 12.5. The largest absolute Gasteiger partial charge is 0.480 e. The fourth-order valence-electron chi connectivity index (χ4n) is 4.44.